The maximum Gasteiger partial charge on any atom is 0.321 e. The molecule has 1 saturated carbocycles. The maximum atomic E-state index is 11.7. The number of carbonyl (C=O) groups excluding carboxylic acids is 2. The topological polar surface area (TPSA) is 93.5 Å². The lowest BCUT2D eigenvalue weighted by Gasteiger charge is -2.33. The Morgan fingerprint density at radius 3 is 2.53 bits per heavy atom. The van der Waals surface area contributed by atoms with Gasteiger partial charge < -0.3 is 15.8 Å². The molecule has 0 aliphatic heterocycles. The quantitative estimate of drug-likeness (QED) is 0.692. The summed E-state index contributed by atoms with van der Waals surface area (Å²) >= 11 is 0. The number of nitrogens with one attached hydrogen (secondary N) is 2. The molecule has 1 unspecified atom stereocenters. The lowest BCUT2D eigenvalue weighted by molar-refractivity contribution is -0.131. The van der Waals surface area contributed by atoms with Gasteiger partial charge in [-0.15, -0.1) is 0 Å². The minimum Gasteiger partial charge on any atom is -0.367 e. The predicted molar refractivity (Wildman–Crippen MR) is 72.6 cm³/mol. The molecule has 1 atom stereocenters. The number of nitrogens with two attached hydrogens (primary N) is 1. The number of carbonyl (C=O) groups is 2. The third-order valence-corrected chi connectivity index (χ3v) is 3.41. The van der Waals surface area contributed by atoms with E-state index in [0.29, 0.717) is 13.2 Å². The second-order valence-corrected chi connectivity index (χ2v) is 5.22. The second kappa shape index (κ2) is 7.45. The zero-order valence-electron chi connectivity index (χ0n) is 11.8. The van der Waals surface area contributed by atoms with Crippen molar-refractivity contribution in [1.29, 1.82) is 0 Å². The van der Waals surface area contributed by atoms with Crippen molar-refractivity contribution < 1.29 is 14.3 Å². The predicted octanol–water partition coefficient (Wildman–Crippen LogP) is 0.899. The van der Waals surface area contributed by atoms with Gasteiger partial charge in [-0.2, -0.15) is 0 Å². The highest BCUT2D eigenvalue weighted by atomic mass is 16.5. The van der Waals surface area contributed by atoms with Crippen molar-refractivity contribution in [3.63, 3.8) is 0 Å². The summed E-state index contributed by atoms with van der Waals surface area (Å²) in [6.45, 7) is 4.24. The molecule has 0 bridgehead atoms. The lowest BCUT2D eigenvalue weighted by Crippen LogP contribution is -2.49. The van der Waals surface area contributed by atoms with Crippen molar-refractivity contribution in [3.05, 3.63) is 0 Å². The van der Waals surface area contributed by atoms with Crippen molar-refractivity contribution in [1.82, 2.24) is 10.6 Å². The van der Waals surface area contributed by atoms with E-state index >= 15 is 0 Å². The van der Waals surface area contributed by atoms with Gasteiger partial charge in [0.15, 0.2) is 0 Å². The molecule has 0 radical (unpaired) electrons. The molecule has 1 aliphatic rings. The molecule has 6 nitrogen and oxygen atoms in total. The molecule has 110 valence electrons. The van der Waals surface area contributed by atoms with Crippen molar-refractivity contribution in [3.8, 4) is 0 Å². The number of ether oxygens (including phenoxy) is 1. The van der Waals surface area contributed by atoms with Crippen LogP contribution >= 0.6 is 0 Å². The molecule has 19 heavy (non-hydrogen) atoms. The van der Waals surface area contributed by atoms with E-state index in [1.54, 1.807) is 13.8 Å². The molecule has 6 heteroatoms. The smallest absolute Gasteiger partial charge is 0.321 e. The molecule has 0 heterocycles. The standard InChI is InChI=1S/C13H25N3O3/c1-3-15-12(18)16-11(17)10(2)19-9-13(14)7-5-4-6-8-13/h10H,3-9,14H2,1-2H3,(H2,15,16,17,18). The Bertz CT molecular complexity index is 314. The SMILES string of the molecule is CCNC(=O)NC(=O)C(C)OCC1(N)CCCCC1. The molecule has 3 amide bonds. The monoisotopic (exact) mass is 271 g/mol. The van der Waals surface area contributed by atoms with Crippen molar-refractivity contribution in [2.45, 2.75) is 57.6 Å². The molecule has 1 aliphatic carbocycles. The third-order valence-electron chi connectivity index (χ3n) is 3.41. The highest BCUT2D eigenvalue weighted by molar-refractivity contribution is 5.96. The van der Waals surface area contributed by atoms with Gasteiger partial charge >= 0.3 is 6.03 Å². The van der Waals surface area contributed by atoms with E-state index in [1.807, 2.05) is 0 Å². The Hall–Kier alpha value is -1.14. The van der Waals surface area contributed by atoms with E-state index in [2.05, 4.69) is 10.6 Å². The molecule has 1 rings (SSSR count). The highest BCUT2D eigenvalue weighted by Crippen LogP contribution is 2.26. The summed E-state index contributed by atoms with van der Waals surface area (Å²) in [7, 11) is 0. The number of urea groups is 1. The first-order valence-electron chi connectivity index (χ1n) is 6.96. The minimum absolute atomic E-state index is 0.321. The zero-order chi connectivity index (χ0) is 14.3. The Morgan fingerprint density at radius 2 is 1.95 bits per heavy atom. The molecule has 0 spiro atoms. The van der Waals surface area contributed by atoms with Gasteiger partial charge in [0.2, 0.25) is 0 Å². The summed E-state index contributed by atoms with van der Waals surface area (Å²) in [5.41, 5.74) is 5.90. The van der Waals surface area contributed by atoms with Gasteiger partial charge in [0.25, 0.3) is 5.91 Å². The molecule has 0 aromatic rings. The van der Waals surface area contributed by atoms with Crippen LogP contribution in [0, 0.1) is 0 Å². The van der Waals surface area contributed by atoms with Crippen molar-refractivity contribution in [2.75, 3.05) is 13.2 Å². The number of imide groups is 1. The number of hydrogen-bond acceptors (Lipinski definition) is 4. The highest BCUT2D eigenvalue weighted by Gasteiger charge is 2.29. The van der Waals surface area contributed by atoms with Gasteiger partial charge in [-0.3, -0.25) is 10.1 Å². The molecular formula is C13H25N3O3. The van der Waals surface area contributed by atoms with Crippen LogP contribution in [0.4, 0.5) is 4.79 Å². The minimum atomic E-state index is -0.676. The van der Waals surface area contributed by atoms with Crippen LogP contribution in [0.2, 0.25) is 0 Å². The van der Waals surface area contributed by atoms with Gasteiger partial charge in [0.05, 0.1) is 6.61 Å². The van der Waals surface area contributed by atoms with Gasteiger partial charge in [0.1, 0.15) is 6.10 Å². The van der Waals surface area contributed by atoms with E-state index in [4.69, 9.17) is 10.5 Å². The second-order valence-electron chi connectivity index (χ2n) is 5.22. The molecule has 1 fully saturated rings. The molecule has 0 aromatic carbocycles. The van der Waals surface area contributed by atoms with Crippen LogP contribution in [0.1, 0.15) is 46.0 Å². The summed E-state index contributed by atoms with van der Waals surface area (Å²) in [5.74, 6) is -0.439. The number of hydrogen-bond donors (Lipinski definition) is 3. The van der Waals surface area contributed by atoms with Crippen LogP contribution < -0.4 is 16.4 Å². The normalized spacial score (nSPS) is 19.5. The van der Waals surface area contributed by atoms with Gasteiger partial charge in [0, 0.05) is 12.1 Å². The van der Waals surface area contributed by atoms with E-state index in [1.165, 1.54) is 6.42 Å². The molecule has 4 N–H and O–H groups in total. The van der Waals surface area contributed by atoms with Gasteiger partial charge in [-0.1, -0.05) is 19.3 Å². The zero-order valence-corrected chi connectivity index (χ0v) is 11.8. The number of rotatable bonds is 5. The van der Waals surface area contributed by atoms with E-state index in [0.717, 1.165) is 25.7 Å². The third kappa shape index (κ3) is 5.57. The summed E-state index contributed by atoms with van der Waals surface area (Å²) < 4.78 is 5.51. The fourth-order valence-electron chi connectivity index (χ4n) is 2.19. The summed E-state index contributed by atoms with van der Waals surface area (Å²) in [4.78, 5) is 22.9. The Kier molecular flexibility index (Phi) is 6.24. The van der Waals surface area contributed by atoms with Crippen LogP contribution in [-0.4, -0.2) is 36.7 Å². The Balaban J connectivity index is 2.31. The van der Waals surface area contributed by atoms with E-state index < -0.39 is 18.0 Å². The lowest BCUT2D eigenvalue weighted by atomic mass is 9.83. The summed E-state index contributed by atoms with van der Waals surface area (Å²) in [6, 6.07) is -0.497. The van der Waals surface area contributed by atoms with Crippen LogP contribution in [0.5, 0.6) is 0 Å². The molecule has 0 aromatic heterocycles. The van der Waals surface area contributed by atoms with Gasteiger partial charge in [-0.05, 0) is 26.7 Å². The summed E-state index contributed by atoms with van der Waals surface area (Å²) in [5, 5.41) is 4.72. The first-order valence-corrected chi connectivity index (χ1v) is 6.96. The van der Waals surface area contributed by atoms with Crippen LogP contribution in [0.3, 0.4) is 0 Å². The van der Waals surface area contributed by atoms with Gasteiger partial charge in [-0.25, -0.2) is 4.79 Å². The summed E-state index contributed by atoms with van der Waals surface area (Å²) in [6.07, 6.45) is 4.62. The number of amides is 3. The van der Waals surface area contributed by atoms with Crippen LogP contribution in [0.15, 0.2) is 0 Å². The maximum absolute atomic E-state index is 11.7. The van der Waals surface area contributed by atoms with E-state index in [9.17, 15) is 9.59 Å². The molecular weight excluding hydrogens is 246 g/mol. The van der Waals surface area contributed by atoms with E-state index in [-0.39, 0.29) is 5.54 Å². The van der Waals surface area contributed by atoms with Crippen LogP contribution in [0.25, 0.3) is 0 Å². The average Bonchev–Trinajstić information content (AvgIpc) is 2.37. The fraction of sp³-hybridized carbons (Fsp3) is 0.846. The average molecular weight is 271 g/mol. The Morgan fingerprint density at radius 1 is 1.32 bits per heavy atom. The Labute approximate surface area is 114 Å². The van der Waals surface area contributed by atoms with Crippen LogP contribution in [-0.2, 0) is 9.53 Å². The largest absolute Gasteiger partial charge is 0.367 e. The van der Waals surface area contributed by atoms with Crippen molar-refractivity contribution >= 4 is 11.9 Å². The molecule has 0 saturated heterocycles. The fourth-order valence-corrected chi connectivity index (χ4v) is 2.19. The first-order chi connectivity index (χ1) is 8.97. The first kappa shape index (κ1) is 15.9. The van der Waals surface area contributed by atoms with Crippen molar-refractivity contribution in [2.24, 2.45) is 5.73 Å².